The Labute approximate surface area is 144 Å². The van der Waals surface area contributed by atoms with E-state index in [9.17, 15) is 5.11 Å². The molecule has 1 heteroatoms. The van der Waals surface area contributed by atoms with Crippen molar-refractivity contribution in [2.45, 2.75) is 31.8 Å². The molecule has 1 N–H and O–H groups in total. The van der Waals surface area contributed by atoms with Crippen LogP contribution in [0.25, 0.3) is 0 Å². The highest BCUT2D eigenvalue weighted by Crippen LogP contribution is 2.44. The molecule has 0 bridgehead atoms. The molecular weight excluding hydrogens is 292 g/mol. The monoisotopic (exact) mass is 316 g/mol. The highest BCUT2D eigenvalue weighted by Gasteiger charge is 2.39. The van der Waals surface area contributed by atoms with Crippen LogP contribution in [-0.4, -0.2) is 5.11 Å². The summed E-state index contributed by atoms with van der Waals surface area (Å²) in [4.78, 5) is 0. The van der Waals surface area contributed by atoms with E-state index in [1.165, 1.54) is 5.56 Å². The van der Waals surface area contributed by atoms with Crippen molar-refractivity contribution < 1.29 is 5.11 Å². The third-order valence-electron chi connectivity index (χ3n) is 4.82. The Morgan fingerprint density at radius 2 is 1.25 bits per heavy atom. The molecule has 0 aliphatic rings. The van der Waals surface area contributed by atoms with Crippen molar-refractivity contribution in [1.29, 1.82) is 0 Å². The summed E-state index contributed by atoms with van der Waals surface area (Å²) in [7, 11) is 0. The van der Waals surface area contributed by atoms with Crippen LogP contribution in [0.2, 0.25) is 0 Å². The number of rotatable bonds is 5. The molecule has 122 valence electrons. The van der Waals surface area contributed by atoms with Crippen LogP contribution in [0, 0.1) is 6.92 Å². The predicted octanol–water partition coefficient (Wildman–Crippen LogP) is 5.42. The summed E-state index contributed by atoms with van der Waals surface area (Å²) in [6.45, 7) is 4.21. The summed E-state index contributed by atoms with van der Waals surface area (Å²) in [5.41, 5.74) is 3.18. The van der Waals surface area contributed by atoms with Gasteiger partial charge in [-0.05, 0) is 30.0 Å². The SMILES string of the molecule is CC[C@H](c1ccccc1)[C@@](O)(c1ccccc1)c1ccc(C)cc1. The van der Waals surface area contributed by atoms with Gasteiger partial charge >= 0.3 is 0 Å². The van der Waals surface area contributed by atoms with Crippen molar-refractivity contribution in [1.82, 2.24) is 0 Å². The fourth-order valence-electron chi connectivity index (χ4n) is 3.53. The second-order valence-electron chi connectivity index (χ2n) is 6.37. The summed E-state index contributed by atoms with van der Waals surface area (Å²) >= 11 is 0. The highest BCUT2D eigenvalue weighted by atomic mass is 16.3. The maximum absolute atomic E-state index is 12.0. The fourth-order valence-corrected chi connectivity index (χ4v) is 3.53. The lowest BCUT2D eigenvalue weighted by molar-refractivity contribution is 0.0476. The number of benzene rings is 3. The van der Waals surface area contributed by atoms with Crippen LogP contribution in [0.1, 0.15) is 41.5 Å². The Balaban J connectivity index is 2.20. The maximum atomic E-state index is 12.0. The molecule has 0 unspecified atom stereocenters. The van der Waals surface area contributed by atoms with Crippen LogP contribution in [-0.2, 0) is 5.60 Å². The van der Waals surface area contributed by atoms with E-state index in [1.54, 1.807) is 0 Å². The Kier molecular flexibility index (Phi) is 4.82. The molecule has 0 heterocycles. The molecular formula is C23H24O. The van der Waals surface area contributed by atoms with Crippen molar-refractivity contribution in [3.63, 3.8) is 0 Å². The summed E-state index contributed by atoms with van der Waals surface area (Å²) in [5, 5.41) is 12.0. The van der Waals surface area contributed by atoms with Crippen LogP contribution in [0.5, 0.6) is 0 Å². The predicted molar refractivity (Wildman–Crippen MR) is 100 cm³/mol. The molecule has 3 aromatic rings. The van der Waals surface area contributed by atoms with Crippen molar-refractivity contribution in [3.05, 3.63) is 107 Å². The second kappa shape index (κ2) is 7.02. The molecule has 0 saturated heterocycles. The first-order chi connectivity index (χ1) is 11.7. The molecule has 1 nitrogen and oxygen atoms in total. The first kappa shape index (κ1) is 16.5. The van der Waals surface area contributed by atoms with Gasteiger partial charge in [0.05, 0.1) is 0 Å². The van der Waals surface area contributed by atoms with E-state index < -0.39 is 5.60 Å². The molecule has 0 aliphatic carbocycles. The zero-order valence-electron chi connectivity index (χ0n) is 14.3. The third-order valence-corrected chi connectivity index (χ3v) is 4.82. The molecule has 0 saturated carbocycles. The minimum atomic E-state index is -1.05. The quantitative estimate of drug-likeness (QED) is 0.666. The molecule has 0 fully saturated rings. The lowest BCUT2D eigenvalue weighted by Gasteiger charge is -2.37. The van der Waals surface area contributed by atoms with Gasteiger partial charge in [0.2, 0.25) is 0 Å². The van der Waals surface area contributed by atoms with E-state index in [0.717, 1.165) is 23.1 Å². The first-order valence-electron chi connectivity index (χ1n) is 8.56. The lowest BCUT2D eigenvalue weighted by Crippen LogP contribution is -2.34. The number of hydrogen-bond acceptors (Lipinski definition) is 1. The summed E-state index contributed by atoms with van der Waals surface area (Å²) in [6.07, 6.45) is 0.850. The zero-order chi connectivity index (χ0) is 17.0. The normalized spacial score (nSPS) is 14.8. The lowest BCUT2D eigenvalue weighted by atomic mass is 9.72. The van der Waals surface area contributed by atoms with Crippen LogP contribution < -0.4 is 0 Å². The molecule has 3 rings (SSSR count). The van der Waals surface area contributed by atoms with E-state index >= 15 is 0 Å². The third kappa shape index (κ3) is 3.00. The van der Waals surface area contributed by atoms with Gasteiger partial charge in [-0.3, -0.25) is 0 Å². The van der Waals surface area contributed by atoms with E-state index in [-0.39, 0.29) is 5.92 Å². The Morgan fingerprint density at radius 1 is 0.750 bits per heavy atom. The average Bonchev–Trinajstić information content (AvgIpc) is 2.64. The van der Waals surface area contributed by atoms with E-state index in [1.807, 2.05) is 60.7 Å². The average molecular weight is 316 g/mol. The number of aryl methyl sites for hydroxylation is 1. The smallest absolute Gasteiger partial charge is 0.121 e. The van der Waals surface area contributed by atoms with Crippen LogP contribution in [0.4, 0.5) is 0 Å². The van der Waals surface area contributed by atoms with Gasteiger partial charge in [-0.15, -0.1) is 0 Å². The fraction of sp³-hybridized carbons (Fsp3) is 0.217. The molecule has 0 aromatic heterocycles. The number of hydrogen-bond donors (Lipinski definition) is 1. The van der Waals surface area contributed by atoms with Gasteiger partial charge in [0, 0.05) is 5.92 Å². The van der Waals surface area contributed by atoms with Gasteiger partial charge in [-0.1, -0.05) is 97.4 Å². The Morgan fingerprint density at radius 3 is 1.79 bits per heavy atom. The summed E-state index contributed by atoms with van der Waals surface area (Å²) in [5.74, 6) is -0.0104. The van der Waals surface area contributed by atoms with E-state index in [4.69, 9.17) is 0 Å². The van der Waals surface area contributed by atoms with Gasteiger partial charge in [0.1, 0.15) is 5.60 Å². The van der Waals surface area contributed by atoms with E-state index in [2.05, 4.69) is 38.1 Å². The largest absolute Gasteiger partial charge is 0.380 e. The minimum Gasteiger partial charge on any atom is -0.380 e. The van der Waals surface area contributed by atoms with Crippen LogP contribution in [0.15, 0.2) is 84.9 Å². The molecule has 0 radical (unpaired) electrons. The van der Waals surface area contributed by atoms with Gasteiger partial charge < -0.3 is 5.11 Å². The highest BCUT2D eigenvalue weighted by molar-refractivity contribution is 5.42. The van der Waals surface area contributed by atoms with Crippen LogP contribution >= 0.6 is 0 Å². The Hall–Kier alpha value is -2.38. The van der Waals surface area contributed by atoms with Crippen molar-refractivity contribution in [3.8, 4) is 0 Å². The first-order valence-corrected chi connectivity index (χ1v) is 8.56. The van der Waals surface area contributed by atoms with Gasteiger partial charge in [0.25, 0.3) is 0 Å². The van der Waals surface area contributed by atoms with Crippen molar-refractivity contribution in [2.24, 2.45) is 0 Å². The van der Waals surface area contributed by atoms with Crippen molar-refractivity contribution >= 4 is 0 Å². The Bertz CT molecular complexity index is 762. The minimum absolute atomic E-state index is 0.0104. The van der Waals surface area contributed by atoms with Crippen molar-refractivity contribution in [2.75, 3.05) is 0 Å². The van der Waals surface area contributed by atoms with Crippen LogP contribution in [0.3, 0.4) is 0 Å². The van der Waals surface area contributed by atoms with Gasteiger partial charge in [-0.2, -0.15) is 0 Å². The summed E-state index contributed by atoms with van der Waals surface area (Å²) < 4.78 is 0. The second-order valence-corrected chi connectivity index (χ2v) is 6.37. The van der Waals surface area contributed by atoms with Gasteiger partial charge in [-0.25, -0.2) is 0 Å². The standard InChI is InChI=1S/C23H24O/c1-3-22(19-10-6-4-7-11-19)23(24,20-12-8-5-9-13-20)21-16-14-18(2)15-17-21/h4-17,22,24H,3H2,1-2H3/t22-,23-/m1/s1. The molecule has 3 aromatic carbocycles. The summed E-state index contributed by atoms with van der Waals surface area (Å²) in [6, 6.07) is 28.6. The van der Waals surface area contributed by atoms with E-state index in [0.29, 0.717) is 0 Å². The zero-order valence-corrected chi connectivity index (χ0v) is 14.3. The maximum Gasteiger partial charge on any atom is 0.121 e. The molecule has 0 amide bonds. The molecule has 24 heavy (non-hydrogen) atoms. The molecule has 2 atom stereocenters. The van der Waals surface area contributed by atoms with Gasteiger partial charge in [0.15, 0.2) is 0 Å². The topological polar surface area (TPSA) is 20.2 Å². The number of aliphatic hydroxyl groups is 1. The molecule has 0 spiro atoms. The molecule has 0 aliphatic heterocycles.